The molecule has 3 aromatic rings. The normalized spacial score (nSPS) is 13.2. The molecule has 134 valence electrons. The molecule has 4 nitrogen and oxygen atoms in total. The molecule has 2 aromatic carbocycles. The third-order valence-corrected chi connectivity index (χ3v) is 5.43. The molecule has 0 aliphatic carbocycles. The lowest BCUT2D eigenvalue weighted by atomic mass is 9.96. The van der Waals surface area contributed by atoms with Crippen LogP contribution in [0.3, 0.4) is 0 Å². The molecule has 0 radical (unpaired) electrons. The SMILES string of the molecule is CNC(=O)C(Cc1cccs1)NC(=O)C(C)c1ccc2ccccc2c1. The van der Waals surface area contributed by atoms with Gasteiger partial charge in [0.25, 0.3) is 0 Å². The summed E-state index contributed by atoms with van der Waals surface area (Å²) in [4.78, 5) is 26.0. The Balaban J connectivity index is 1.75. The summed E-state index contributed by atoms with van der Waals surface area (Å²) < 4.78 is 0. The molecular formula is C21H22N2O2S. The van der Waals surface area contributed by atoms with E-state index >= 15 is 0 Å². The van der Waals surface area contributed by atoms with E-state index in [1.54, 1.807) is 18.4 Å². The van der Waals surface area contributed by atoms with E-state index in [1.807, 2.05) is 66.9 Å². The fourth-order valence-electron chi connectivity index (χ4n) is 2.94. The molecule has 1 aromatic heterocycles. The largest absolute Gasteiger partial charge is 0.357 e. The summed E-state index contributed by atoms with van der Waals surface area (Å²) in [5, 5.41) is 9.76. The number of amides is 2. The van der Waals surface area contributed by atoms with Crippen LogP contribution in [-0.2, 0) is 16.0 Å². The van der Waals surface area contributed by atoms with Crippen molar-refractivity contribution in [2.45, 2.75) is 25.3 Å². The first-order valence-corrected chi connectivity index (χ1v) is 9.49. The van der Waals surface area contributed by atoms with E-state index in [4.69, 9.17) is 0 Å². The molecule has 0 aliphatic rings. The van der Waals surface area contributed by atoms with Gasteiger partial charge < -0.3 is 10.6 Å². The van der Waals surface area contributed by atoms with Gasteiger partial charge in [-0.15, -0.1) is 11.3 Å². The first-order valence-electron chi connectivity index (χ1n) is 8.61. The lowest BCUT2D eigenvalue weighted by Gasteiger charge is -2.20. The van der Waals surface area contributed by atoms with Gasteiger partial charge in [0.2, 0.25) is 11.8 Å². The topological polar surface area (TPSA) is 58.2 Å². The van der Waals surface area contributed by atoms with E-state index in [2.05, 4.69) is 10.6 Å². The van der Waals surface area contributed by atoms with Crippen molar-refractivity contribution in [1.29, 1.82) is 0 Å². The van der Waals surface area contributed by atoms with E-state index in [0.717, 1.165) is 21.2 Å². The summed E-state index contributed by atoms with van der Waals surface area (Å²) in [5.41, 5.74) is 0.938. The number of thiophene rings is 1. The number of carbonyl (C=O) groups is 2. The number of rotatable bonds is 6. The zero-order valence-electron chi connectivity index (χ0n) is 14.9. The number of benzene rings is 2. The highest BCUT2D eigenvalue weighted by Gasteiger charge is 2.24. The summed E-state index contributed by atoms with van der Waals surface area (Å²) >= 11 is 1.58. The van der Waals surface area contributed by atoms with Gasteiger partial charge in [-0.25, -0.2) is 0 Å². The zero-order valence-corrected chi connectivity index (χ0v) is 15.7. The highest BCUT2D eigenvalue weighted by molar-refractivity contribution is 7.09. The van der Waals surface area contributed by atoms with E-state index in [9.17, 15) is 9.59 Å². The summed E-state index contributed by atoms with van der Waals surface area (Å²) in [7, 11) is 1.59. The van der Waals surface area contributed by atoms with Crippen LogP contribution in [0.1, 0.15) is 23.3 Å². The first kappa shape index (κ1) is 18.1. The minimum absolute atomic E-state index is 0.148. The molecule has 26 heavy (non-hydrogen) atoms. The lowest BCUT2D eigenvalue weighted by molar-refractivity contribution is -0.129. The Morgan fingerprint density at radius 1 is 1.00 bits per heavy atom. The van der Waals surface area contributed by atoms with Crippen molar-refractivity contribution in [3.8, 4) is 0 Å². The van der Waals surface area contributed by atoms with Crippen molar-refractivity contribution >= 4 is 33.9 Å². The molecule has 3 rings (SSSR count). The number of carbonyl (C=O) groups excluding carboxylic acids is 2. The molecule has 1 heterocycles. The molecule has 0 spiro atoms. The van der Waals surface area contributed by atoms with E-state index in [1.165, 1.54) is 0 Å². The molecule has 0 aliphatic heterocycles. The Morgan fingerprint density at radius 2 is 1.77 bits per heavy atom. The van der Waals surface area contributed by atoms with Gasteiger partial charge in [0.15, 0.2) is 0 Å². The lowest BCUT2D eigenvalue weighted by Crippen LogP contribution is -2.48. The van der Waals surface area contributed by atoms with Gasteiger partial charge in [0, 0.05) is 18.3 Å². The Kier molecular flexibility index (Phi) is 5.68. The van der Waals surface area contributed by atoms with Crippen molar-refractivity contribution in [2.75, 3.05) is 7.05 Å². The number of fused-ring (bicyclic) bond motifs is 1. The minimum Gasteiger partial charge on any atom is -0.357 e. The average molecular weight is 366 g/mol. The Bertz CT molecular complexity index is 905. The number of likely N-dealkylation sites (N-methyl/N-ethyl adjacent to an activating group) is 1. The molecular weight excluding hydrogens is 344 g/mol. The Hall–Kier alpha value is -2.66. The van der Waals surface area contributed by atoms with Crippen LogP contribution in [0.25, 0.3) is 10.8 Å². The number of hydrogen-bond donors (Lipinski definition) is 2. The highest BCUT2D eigenvalue weighted by Crippen LogP contribution is 2.22. The average Bonchev–Trinajstić information content (AvgIpc) is 3.18. The predicted octanol–water partition coefficient (Wildman–Crippen LogP) is 3.48. The molecule has 0 bridgehead atoms. The van der Waals surface area contributed by atoms with Crippen LogP contribution in [0.15, 0.2) is 60.0 Å². The fraction of sp³-hybridized carbons (Fsp3) is 0.238. The van der Waals surface area contributed by atoms with Gasteiger partial charge >= 0.3 is 0 Å². The van der Waals surface area contributed by atoms with Crippen molar-refractivity contribution in [1.82, 2.24) is 10.6 Å². The van der Waals surface area contributed by atoms with Gasteiger partial charge in [-0.1, -0.05) is 48.5 Å². The van der Waals surface area contributed by atoms with Gasteiger partial charge in [0.1, 0.15) is 6.04 Å². The van der Waals surface area contributed by atoms with Crippen molar-refractivity contribution in [2.24, 2.45) is 0 Å². The van der Waals surface area contributed by atoms with Crippen LogP contribution < -0.4 is 10.6 Å². The summed E-state index contributed by atoms with van der Waals surface area (Å²) in [6.07, 6.45) is 0.494. The van der Waals surface area contributed by atoms with Crippen LogP contribution in [0, 0.1) is 0 Å². The van der Waals surface area contributed by atoms with Gasteiger partial charge in [0.05, 0.1) is 5.92 Å². The van der Waals surface area contributed by atoms with Gasteiger partial charge in [-0.05, 0) is 34.7 Å². The zero-order chi connectivity index (χ0) is 18.5. The van der Waals surface area contributed by atoms with Crippen LogP contribution in [-0.4, -0.2) is 24.9 Å². The summed E-state index contributed by atoms with van der Waals surface area (Å²) in [6, 6.07) is 17.4. The molecule has 0 fully saturated rings. The number of hydrogen-bond acceptors (Lipinski definition) is 3. The van der Waals surface area contributed by atoms with E-state index in [-0.39, 0.29) is 17.7 Å². The molecule has 5 heteroatoms. The first-order chi connectivity index (χ1) is 12.6. The van der Waals surface area contributed by atoms with Crippen LogP contribution in [0.2, 0.25) is 0 Å². The van der Waals surface area contributed by atoms with Crippen molar-refractivity contribution < 1.29 is 9.59 Å². The third-order valence-electron chi connectivity index (χ3n) is 4.53. The standard InChI is InChI=1S/C21H22N2O2S/c1-14(16-10-9-15-6-3-4-7-17(15)12-16)20(24)23-19(21(25)22-2)13-18-8-5-11-26-18/h3-12,14,19H,13H2,1-2H3,(H,22,25)(H,23,24). The summed E-state index contributed by atoms with van der Waals surface area (Å²) in [6.45, 7) is 1.87. The molecule has 2 N–H and O–H groups in total. The molecule has 2 unspecified atom stereocenters. The van der Waals surface area contributed by atoms with Gasteiger partial charge in [-0.2, -0.15) is 0 Å². The molecule has 0 saturated heterocycles. The Morgan fingerprint density at radius 3 is 2.46 bits per heavy atom. The quantitative estimate of drug-likeness (QED) is 0.702. The molecule has 2 atom stereocenters. The Labute approximate surface area is 157 Å². The van der Waals surface area contributed by atoms with Crippen LogP contribution >= 0.6 is 11.3 Å². The second kappa shape index (κ2) is 8.15. The molecule has 0 saturated carbocycles. The summed E-state index contributed by atoms with van der Waals surface area (Å²) in [5.74, 6) is -0.669. The monoisotopic (exact) mass is 366 g/mol. The van der Waals surface area contributed by atoms with E-state index in [0.29, 0.717) is 6.42 Å². The van der Waals surface area contributed by atoms with Gasteiger partial charge in [-0.3, -0.25) is 9.59 Å². The van der Waals surface area contributed by atoms with E-state index < -0.39 is 6.04 Å². The number of nitrogens with one attached hydrogen (secondary N) is 2. The molecule has 2 amide bonds. The smallest absolute Gasteiger partial charge is 0.242 e. The fourth-order valence-corrected chi connectivity index (χ4v) is 3.69. The van der Waals surface area contributed by atoms with Crippen LogP contribution in [0.4, 0.5) is 0 Å². The second-order valence-corrected chi connectivity index (χ2v) is 7.32. The predicted molar refractivity (Wildman–Crippen MR) is 106 cm³/mol. The van der Waals surface area contributed by atoms with Crippen molar-refractivity contribution in [3.05, 3.63) is 70.4 Å². The third kappa shape index (κ3) is 4.11. The maximum atomic E-state index is 12.8. The highest BCUT2D eigenvalue weighted by atomic mass is 32.1. The van der Waals surface area contributed by atoms with Crippen molar-refractivity contribution in [3.63, 3.8) is 0 Å². The second-order valence-electron chi connectivity index (χ2n) is 6.29. The minimum atomic E-state index is -0.575. The maximum Gasteiger partial charge on any atom is 0.242 e. The maximum absolute atomic E-state index is 12.8. The van der Waals surface area contributed by atoms with Crippen LogP contribution in [0.5, 0.6) is 0 Å².